The molecule has 0 saturated heterocycles. The van der Waals surface area contributed by atoms with E-state index >= 15 is 0 Å². The summed E-state index contributed by atoms with van der Waals surface area (Å²) in [6.45, 7) is 4.79. The summed E-state index contributed by atoms with van der Waals surface area (Å²) in [7, 11) is 0. The van der Waals surface area contributed by atoms with Gasteiger partial charge in [0.05, 0.1) is 0 Å². The molecule has 0 bridgehead atoms. The van der Waals surface area contributed by atoms with Crippen LogP contribution in [0.5, 0.6) is 0 Å². The average Bonchev–Trinajstić information content (AvgIpc) is 3.48. The summed E-state index contributed by atoms with van der Waals surface area (Å²) >= 11 is 0. The molecule has 11 rings (SSSR count). The second kappa shape index (κ2) is 12.5. The van der Waals surface area contributed by atoms with E-state index < -0.39 is 0 Å². The first-order chi connectivity index (χ1) is 27.5. The molecule has 1 aliphatic carbocycles. The van der Waals surface area contributed by atoms with E-state index in [4.69, 9.17) is 0 Å². The second-order valence-electron chi connectivity index (χ2n) is 15.7. The first-order valence-electron chi connectivity index (χ1n) is 19.6. The van der Waals surface area contributed by atoms with Gasteiger partial charge in [-0.2, -0.15) is 0 Å². The van der Waals surface area contributed by atoms with E-state index in [1.807, 2.05) is 0 Å². The molecule has 264 valence electrons. The summed E-state index contributed by atoms with van der Waals surface area (Å²) in [5.41, 5.74) is 13.6. The van der Waals surface area contributed by atoms with Gasteiger partial charge < -0.3 is 4.90 Å². The molecular weight excluding hydrogens is 675 g/mol. The van der Waals surface area contributed by atoms with Gasteiger partial charge in [-0.15, -0.1) is 0 Å². The number of nitrogens with zero attached hydrogens (tertiary/aromatic N) is 1. The van der Waals surface area contributed by atoms with Crippen molar-refractivity contribution in [2.24, 2.45) is 0 Å². The van der Waals surface area contributed by atoms with Crippen LogP contribution in [0.2, 0.25) is 0 Å². The Labute approximate surface area is 327 Å². The Morgan fingerprint density at radius 1 is 0.321 bits per heavy atom. The lowest BCUT2D eigenvalue weighted by Gasteiger charge is -2.28. The van der Waals surface area contributed by atoms with Crippen molar-refractivity contribution in [1.29, 1.82) is 0 Å². The van der Waals surface area contributed by atoms with E-state index in [1.165, 1.54) is 87.6 Å². The molecule has 0 spiro atoms. The third-order valence-corrected chi connectivity index (χ3v) is 12.2. The van der Waals surface area contributed by atoms with Crippen LogP contribution in [0, 0.1) is 0 Å². The molecule has 1 aliphatic rings. The Balaban J connectivity index is 1.06. The van der Waals surface area contributed by atoms with Crippen LogP contribution in [0.4, 0.5) is 17.1 Å². The maximum atomic E-state index is 2.47. The number of hydrogen-bond donors (Lipinski definition) is 0. The maximum absolute atomic E-state index is 2.47. The maximum Gasteiger partial charge on any atom is 0.0468 e. The van der Waals surface area contributed by atoms with Crippen LogP contribution in [0.25, 0.3) is 76.5 Å². The quantitative estimate of drug-likeness (QED) is 0.161. The third-order valence-electron chi connectivity index (χ3n) is 12.2. The molecule has 1 nitrogen and oxygen atoms in total. The minimum absolute atomic E-state index is 0.203. The van der Waals surface area contributed by atoms with Crippen LogP contribution in [-0.4, -0.2) is 0 Å². The van der Waals surface area contributed by atoms with Crippen molar-refractivity contribution in [2.75, 3.05) is 4.90 Å². The van der Waals surface area contributed by atoms with Crippen LogP contribution in [0.3, 0.4) is 0 Å². The van der Waals surface area contributed by atoms with E-state index in [-0.39, 0.29) is 5.41 Å². The number of rotatable bonds is 5. The lowest BCUT2D eigenvalue weighted by Crippen LogP contribution is -2.16. The van der Waals surface area contributed by atoms with Gasteiger partial charge in [0.25, 0.3) is 0 Å². The highest BCUT2D eigenvalue weighted by Gasteiger charge is 2.36. The number of hydrogen-bond acceptors (Lipinski definition) is 1. The van der Waals surface area contributed by atoms with Crippen molar-refractivity contribution in [1.82, 2.24) is 0 Å². The van der Waals surface area contributed by atoms with Crippen LogP contribution >= 0.6 is 0 Å². The topological polar surface area (TPSA) is 3.24 Å². The normalized spacial score (nSPS) is 13.0. The van der Waals surface area contributed by atoms with Gasteiger partial charge in [-0.3, -0.25) is 0 Å². The van der Waals surface area contributed by atoms with Gasteiger partial charge in [0.1, 0.15) is 0 Å². The summed E-state index contributed by atoms with van der Waals surface area (Å²) in [6, 6.07) is 73.9. The molecule has 0 aromatic heterocycles. The Bertz CT molecular complexity index is 3160. The summed E-state index contributed by atoms with van der Waals surface area (Å²) in [6.07, 6.45) is 0. The van der Waals surface area contributed by atoms with Crippen molar-refractivity contribution in [3.63, 3.8) is 0 Å². The van der Waals surface area contributed by atoms with Crippen LogP contribution in [0.1, 0.15) is 25.0 Å². The van der Waals surface area contributed by atoms with E-state index in [0.29, 0.717) is 0 Å². The van der Waals surface area contributed by atoms with Crippen molar-refractivity contribution in [3.05, 3.63) is 211 Å². The number of para-hydroxylation sites is 1. The molecule has 0 fully saturated rings. The zero-order valence-electron chi connectivity index (χ0n) is 31.5. The fourth-order valence-electron chi connectivity index (χ4n) is 9.45. The third kappa shape index (κ3) is 5.01. The number of anilines is 3. The van der Waals surface area contributed by atoms with Crippen molar-refractivity contribution >= 4 is 60.2 Å². The Morgan fingerprint density at radius 2 is 0.839 bits per heavy atom. The summed E-state index contributed by atoms with van der Waals surface area (Å²) in [5, 5.41) is 10.2. The molecule has 0 saturated carbocycles. The Morgan fingerprint density at radius 3 is 1.54 bits per heavy atom. The van der Waals surface area contributed by atoms with Crippen LogP contribution < -0.4 is 4.90 Å². The van der Waals surface area contributed by atoms with E-state index in [1.54, 1.807) is 0 Å². The van der Waals surface area contributed by atoms with Gasteiger partial charge in [-0.05, 0) is 142 Å². The summed E-state index contributed by atoms with van der Waals surface area (Å²) in [4.78, 5) is 2.39. The SMILES string of the molecule is CC1(C)c2cc(-c3cc4cc(-c5ccccc5)c5ccccc5c4c4ccccc34)ccc2-c2ccc(N(c3ccccc3)c3ccc4ccccc4c3)cc21. The fraction of sp³-hybridized carbons (Fsp3) is 0.0545. The monoisotopic (exact) mass is 713 g/mol. The van der Waals surface area contributed by atoms with Crippen LogP contribution in [-0.2, 0) is 5.41 Å². The first-order valence-corrected chi connectivity index (χ1v) is 19.6. The molecule has 0 radical (unpaired) electrons. The zero-order valence-corrected chi connectivity index (χ0v) is 31.5. The highest BCUT2D eigenvalue weighted by molar-refractivity contribution is 6.25. The molecule has 0 aliphatic heterocycles. The number of benzene rings is 10. The standard InChI is InChI=1S/C55H39N/c1-55(2)52-34-39(51-33-40-32-50(37-16-5-3-6-17-37)44-21-11-13-23-48(44)54(40)49-24-14-12-22-45(49)51)26-29-46(52)47-30-28-43(35-53(47)55)56(41-19-7-4-8-20-41)42-27-25-36-15-9-10-18-38(36)31-42/h3-35H,1-2H3. The largest absolute Gasteiger partial charge is 0.310 e. The van der Waals surface area contributed by atoms with Gasteiger partial charge in [-0.25, -0.2) is 0 Å². The van der Waals surface area contributed by atoms with Gasteiger partial charge in [0, 0.05) is 22.5 Å². The lowest BCUT2D eigenvalue weighted by atomic mass is 9.81. The Hall–Kier alpha value is -6.96. The van der Waals surface area contributed by atoms with Crippen LogP contribution in [0.15, 0.2) is 200 Å². The zero-order chi connectivity index (χ0) is 37.4. The Kier molecular flexibility index (Phi) is 7.28. The minimum atomic E-state index is -0.203. The molecule has 56 heavy (non-hydrogen) atoms. The summed E-state index contributed by atoms with van der Waals surface area (Å²) in [5.74, 6) is 0. The molecule has 0 N–H and O–H groups in total. The second-order valence-corrected chi connectivity index (χ2v) is 15.7. The van der Waals surface area contributed by atoms with Gasteiger partial charge in [0.15, 0.2) is 0 Å². The predicted octanol–water partition coefficient (Wildman–Crippen LogP) is 15.4. The van der Waals surface area contributed by atoms with Gasteiger partial charge >= 0.3 is 0 Å². The van der Waals surface area contributed by atoms with E-state index in [0.717, 1.165) is 17.1 Å². The average molecular weight is 714 g/mol. The molecule has 0 amide bonds. The van der Waals surface area contributed by atoms with Crippen molar-refractivity contribution in [3.8, 4) is 33.4 Å². The van der Waals surface area contributed by atoms with Crippen molar-refractivity contribution in [2.45, 2.75) is 19.3 Å². The van der Waals surface area contributed by atoms with Gasteiger partial charge in [0.2, 0.25) is 0 Å². The molecule has 0 heterocycles. The van der Waals surface area contributed by atoms with Gasteiger partial charge in [-0.1, -0.05) is 159 Å². The molecular formula is C55H39N. The highest BCUT2D eigenvalue weighted by atomic mass is 15.1. The smallest absolute Gasteiger partial charge is 0.0468 e. The number of fused-ring (bicyclic) bond motifs is 9. The minimum Gasteiger partial charge on any atom is -0.310 e. The van der Waals surface area contributed by atoms with E-state index in [9.17, 15) is 0 Å². The fourth-order valence-corrected chi connectivity index (χ4v) is 9.45. The lowest BCUT2D eigenvalue weighted by molar-refractivity contribution is 0.660. The van der Waals surface area contributed by atoms with Crippen molar-refractivity contribution < 1.29 is 0 Å². The first kappa shape index (κ1) is 32.5. The molecule has 0 unspecified atom stereocenters. The van der Waals surface area contributed by atoms with E-state index in [2.05, 4.69) is 219 Å². The molecule has 10 aromatic carbocycles. The molecule has 0 atom stereocenters. The highest BCUT2D eigenvalue weighted by Crippen LogP contribution is 2.52. The molecule has 10 aromatic rings. The summed E-state index contributed by atoms with van der Waals surface area (Å²) < 4.78 is 0. The molecule has 1 heteroatoms. The predicted molar refractivity (Wildman–Crippen MR) is 240 cm³/mol.